The van der Waals surface area contributed by atoms with E-state index in [9.17, 15) is 23.5 Å². The SMILES string of the molecule is O=C(O)c1cccc(NC(=O)N(CCO)CC(F)F)c1O. The minimum absolute atomic E-state index is 0.225. The second-order valence-corrected chi connectivity index (χ2v) is 4.00. The van der Waals surface area contributed by atoms with Crippen LogP contribution in [-0.4, -0.2) is 58.3 Å². The predicted octanol–water partition coefficient (Wildman–Crippen LogP) is 1.18. The number of aromatic hydroxyl groups is 1. The van der Waals surface area contributed by atoms with Gasteiger partial charge in [-0.05, 0) is 12.1 Å². The Bertz CT molecular complexity index is 524. The van der Waals surface area contributed by atoms with Crippen LogP contribution in [0.4, 0.5) is 19.3 Å². The quantitative estimate of drug-likeness (QED) is 0.590. The number of hydrogen-bond donors (Lipinski definition) is 4. The number of carbonyl (C=O) groups excluding carboxylic acids is 1. The second-order valence-electron chi connectivity index (χ2n) is 4.00. The van der Waals surface area contributed by atoms with Gasteiger partial charge in [-0.2, -0.15) is 0 Å². The van der Waals surface area contributed by atoms with E-state index in [1.165, 1.54) is 12.1 Å². The molecule has 21 heavy (non-hydrogen) atoms. The van der Waals surface area contributed by atoms with E-state index in [1.807, 2.05) is 0 Å². The van der Waals surface area contributed by atoms with Crippen molar-refractivity contribution in [2.75, 3.05) is 25.0 Å². The molecule has 0 aromatic heterocycles. The number of nitrogens with zero attached hydrogens (tertiary/aromatic N) is 1. The summed E-state index contributed by atoms with van der Waals surface area (Å²) in [4.78, 5) is 23.3. The Balaban J connectivity index is 2.91. The van der Waals surface area contributed by atoms with E-state index in [1.54, 1.807) is 0 Å². The Kier molecular flexibility index (Phi) is 5.85. The topological polar surface area (TPSA) is 110 Å². The minimum Gasteiger partial charge on any atom is -0.505 e. The summed E-state index contributed by atoms with van der Waals surface area (Å²) in [5.74, 6) is -2.08. The third-order valence-corrected chi connectivity index (χ3v) is 2.52. The number of phenols is 1. The molecule has 1 aromatic rings. The van der Waals surface area contributed by atoms with Crippen LogP contribution in [0.5, 0.6) is 5.75 Å². The smallest absolute Gasteiger partial charge is 0.339 e. The lowest BCUT2D eigenvalue weighted by Gasteiger charge is -2.22. The molecule has 2 amide bonds. The fraction of sp³-hybridized carbons (Fsp3) is 0.333. The molecule has 7 nitrogen and oxygen atoms in total. The predicted molar refractivity (Wildman–Crippen MR) is 68.7 cm³/mol. The number of alkyl halides is 2. The molecule has 0 heterocycles. The van der Waals surface area contributed by atoms with E-state index in [0.717, 1.165) is 6.07 Å². The number of aliphatic hydroxyl groups is 1. The second kappa shape index (κ2) is 7.39. The first-order chi connectivity index (χ1) is 9.86. The molecule has 1 rings (SSSR count). The summed E-state index contributed by atoms with van der Waals surface area (Å²) in [6, 6.07) is 2.64. The van der Waals surface area contributed by atoms with Crippen LogP contribution < -0.4 is 5.32 Å². The van der Waals surface area contributed by atoms with Crippen molar-refractivity contribution < 1.29 is 33.7 Å². The molecule has 116 valence electrons. The first-order valence-electron chi connectivity index (χ1n) is 5.87. The number of urea groups is 1. The van der Waals surface area contributed by atoms with E-state index in [0.29, 0.717) is 4.90 Å². The summed E-state index contributed by atoms with van der Waals surface area (Å²) in [6.45, 7) is -1.73. The maximum absolute atomic E-state index is 12.3. The Hall–Kier alpha value is -2.42. The van der Waals surface area contributed by atoms with Crippen molar-refractivity contribution >= 4 is 17.7 Å². The molecular weight excluding hydrogens is 290 g/mol. The van der Waals surface area contributed by atoms with Crippen LogP contribution in [-0.2, 0) is 0 Å². The molecule has 4 N–H and O–H groups in total. The molecule has 0 bridgehead atoms. The maximum Gasteiger partial charge on any atom is 0.339 e. The fourth-order valence-electron chi connectivity index (χ4n) is 1.57. The molecule has 9 heteroatoms. The van der Waals surface area contributed by atoms with Crippen LogP contribution in [0.15, 0.2) is 18.2 Å². The number of rotatable bonds is 6. The van der Waals surface area contributed by atoms with Gasteiger partial charge in [-0.1, -0.05) is 6.07 Å². The van der Waals surface area contributed by atoms with Crippen molar-refractivity contribution in [2.45, 2.75) is 6.43 Å². The van der Waals surface area contributed by atoms with Crippen LogP contribution in [0.25, 0.3) is 0 Å². The Labute approximate surface area is 118 Å². The first-order valence-corrected chi connectivity index (χ1v) is 5.87. The van der Waals surface area contributed by atoms with Gasteiger partial charge in [0, 0.05) is 6.54 Å². The van der Waals surface area contributed by atoms with Crippen LogP contribution in [0.1, 0.15) is 10.4 Å². The van der Waals surface area contributed by atoms with Crippen molar-refractivity contribution in [2.24, 2.45) is 0 Å². The molecule has 1 aromatic carbocycles. The van der Waals surface area contributed by atoms with Gasteiger partial charge in [-0.25, -0.2) is 18.4 Å². The number of para-hydroxylation sites is 1. The lowest BCUT2D eigenvalue weighted by Crippen LogP contribution is -2.40. The number of amides is 2. The molecule has 0 aliphatic carbocycles. The maximum atomic E-state index is 12.3. The number of nitrogens with one attached hydrogen (secondary N) is 1. The molecule has 0 aliphatic heterocycles. The van der Waals surface area contributed by atoms with Crippen LogP contribution in [0, 0.1) is 0 Å². The summed E-state index contributed by atoms with van der Waals surface area (Å²) >= 11 is 0. The number of benzene rings is 1. The van der Waals surface area contributed by atoms with Crippen molar-refractivity contribution in [3.63, 3.8) is 0 Å². The lowest BCUT2D eigenvalue weighted by molar-refractivity contribution is 0.0693. The van der Waals surface area contributed by atoms with Gasteiger partial charge in [-0.3, -0.25) is 0 Å². The van der Waals surface area contributed by atoms with E-state index in [-0.39, 0.29) is 12.2 Å². The summed E-state index contributed by atoms with van der Waals surface area (Å²) in [5.41, 5.74) is -0.660. The molecule has 0 saturated heterocycles. The third kappa shape index (κ3) is 4.56. The molecule has 0 radical (unpaired) electrons. The monoisotopic (exact) mass is 304 g/mol. The van der Waals surface area contributed by atoms with Gasteiger partial charge in [0.2, 0.25) is 0 Å². The van der Waals surface area contributed by atoms with Gasteiger partial charge < -0.3 is 25.5 Å². The highest BCUT2D eigenvalue weighted by atomic mass is 19.3. The Morgan fingerprint density at radius 3 is 2.52 bits per heavy atom. The summed E-state index contributed by atoms with van der Waals surface area (Å²) in [5, 5.41) is 29.4. The number of aromatic carboxylic acids is 1. The minimum atomic E-state index is -2.79. The van der Waals surface area contributed by atoms with Crippen LogP contribution in [0.2, 0.25) is 0 Å². The zero-order valence-corrected chi connectivity index (χ0v) is 10.8. The number of anilines is 1. The van der Waals surface area contributed by atoms with Crippen molar-refractivity contribution in [1.29, 1.82) is 0 Å². The van der Waals surface area contributed by atoms with Crippen LogP contribution >= 0.6 is 0 Å². The van der Waals surface area contributed by atoms with Crippen molar-refractivity contribution in [1.82, 2.24) is 4.90 Å². The third-order valence-electron chi connectivity index (χ3n) is 2.52. The zero-order chi connectivity index (χ0) is 16.0. The molecular formula is C12H14F2N2O5. The molecule has 0 unspecified atom stereocenters. The zero-order valence-electron chi connectivity index (χ0n) is 10.8. The highest BCUT2D eigenvalue weighted by Gasteiger charge is 2.20. The average Bonchev–Trinajstić information content (AvgIpc) is 2.39. The van der Waals surface area contributed by atoms with Gasteiger partial charge in [0.25, 0.3) is 6.43 Å². The Morgan fingerprint density at radius 2 is 2.00 bits per heavy atom. The van der Waals surface area contributed by atoms with Crippen molar-refractivity contribution in [3.8, 4) is 5.75 Å². The van der Waals surface area contributed by atoms with E-state index >= 15 is 0 Å². The molecule has 0 fully saturated rings. The molecule has 0 aliphatic rings. The first kappa shape index (κ1) is 16.6. The Morgan fingerprint density at radius 1 is 1.33 bits per heavy atom. The number of carboxylic acid groups (broad SMARTS) is 1. The molecule has 0 atom stereocenters. The highest BCUT2D eigenvalue weighted by molar-refractivity contribution is 5.97. The van der Waals surface area contributed by atoms with Gasteiger partial charge in [-0.15, -0.1) is 0 Å². The summed E-state index contributed by atoms with van der Waals surface area (Å²) in [6.07, 6.45) is -2.79. The van der Waals surface area contributed by atoms with E-state index in [2.05, 4.69) is 5.32 Å². The van der Waals surface area contributed by atoms with E-state index in [4.69, 9.17) is 10.2 Å². The van der Waals surface area contributed by atoms with Gasteiger partial charge in [0.1, 0.15) is 5.56 Å². The fourth-order valence-corrected chi connectivity index (χ4v) is 1.57. The van der Waals surface area contributed by atoms with Gasteiger partial charge in [0.05, 0.1) is 18.8 Å². The van der Waals surface area contributed by atoms with Crippen LogP contribution in [0.3, 0.4) is 0 Å². The summed E-state index contributed by atoms with van der Waals surface area (Å²) < 4.78 is 24.7. The molecule has 0 saturated carbocycles. The van der Waals surface area contributed by atoms with Crippen molar-refractivity contribution in [3.05, 3.63) is 23.8 Å². The number of carboxylic acids is 1. The lowest BCUT2D eigenvalue weighted by atomic mass is 10.1. The number of hydrogen-bond acceptors (Lipinski definition) is 4. The molecule has 0 spiro atoms. The summed E-state index contributed by atoms with van der Waals surface area (Å²) in [7, 11) is 0. The normalized spacial score (nSPS) is 10.5. The standard InChI is InChI=1S/C12H14F2N2O5/c13-9(14)6-16(4-5-17)12(21)15-8-3-1-2-7(10(8)18)11(19)20/h1-3,9,17-18H,4-6H2,(H,15,21)(H,19,20). The van der Waals surface area contributed by atoms with Gasteiger partial charge in [0.15, 0.2) is 5.75 Å². The van der Waals surface area contributed by atoms with E-state index < -0.39 is 42.9 Å². The number of halogens is 2. The number of carbonyl (C=O) groups is 2. The highest BCUT2D eigenvalue weighted by Crippen LogP contribution is 2.27. The number of aliphatic hydroxyl groups excluding tert-OH is 1. The van der Waals surface area contributed by atoms with Gasteiger partial charge >= 0.3 is 12.0 Å². The average molecular weight is 304 g/mol. The largest absolute Gasteiger partial charge is 0.505 e.